The molecular weight excluding hydrogens is 288 g/mol. The molecule has 0 spiro atoms. The van der Waals surface area contributed by atoms with Crippen LogP contribution in [0.25, 0.3) is 0 Å². The van der Waals surface area contributed by atoms with Gasteiger partial charge in [-0.1, -0.05) is 52.0 Å². The van der Waals surface area contributed by atoms with Gasteiger partial charge in [0.15, 0.2) is 5.78 Å². The molecule has 23 heavy (non-hydrogen) atoms. The van der Waals surface area contributed by atoms with Crippen LogP contribution in [-0.2, 0) is 4.79 Å². The standard InChI is InChI=1S/C19H24N2O2/c1-11(2)12-5-7-13(8-6-12)17-16-14(20-18(23)21-17)9-19(3,4)10-15(16)22/h5-8,11,17H,9-10H2,1-4H3,(H2,20,21,23)/t17-/m1/s1. The fourth-order valence-electron chi connectivity index (χ4n) is 3.48. The van der Waals surface area contributed by atoms with Crippen LogP contribution in [0.1, 0.15) is 63.6 Å². The van der Waals surface area contributed by atoms with Crippen LogP contribution in [0.2, 0.25) is 0 Å². The van der Waals surface area contributed by atoms with Gasteiger partial charge in [-0.25, -0.2) is 4.79 Å². The molecule has 2 amide bonds. The van der Waals surface area contributed by atoms with Gasteiger partial charge in [0, 0.05) is 17.7 Å². The van der Waals surface area contributed by atoms with Gasteiger partial charge in [-0.2, -0.15) is 0 Å². The van der Waals surface area contributed by atoms with Crippen LogP contribution in [0.4, 0.5) is 4.79 Å². The van der Waals surface area contributed by atoms with E-state index in [1.807, 2.05) is 12.1 Å². The third kappa shape index (κ3) is 3.03. The summed E-state index contributed by atoms with van der Waals surface area (Å²) < 4.78 is 0. The lowest BCUT2D eigenvalue weighted by Crippen LogP contribution is -2.48. The van der Waals surface area contributed by atoms with Gasteiger partial charge in [0.1, 0.15) is 0 Å². The Balaban J connectivity index is 2.01. The Bertz CT molecular complexity index is 684. The van der Waals surface area contributed by atoms with Gasteiger partial charge in [0.2, 0.25) is 0 Å². The highest BCUT2D eigenvalue weighted by Crippen LogP contribution is 2.41. The average molecular weight is 312 g/mol. The van der Waals surface area contributed by atoms with E-state index in [4.69, 9.17) is 0 Å². The zero-order valence-electron chi connectivity index (χ0n) is 14.2. The number of urea groups is 1. The lowest BCUT2D eigenvalue weighted by molar-refractivity contribution is -0.118. The molecule has 2 aliphatic rings. The molecule has 1 aliphatic heterocycles. The molecule has 0 aromatic heterocycles. The minimum Gasteiger partial charge on any atom is -0.327 e. The highest BCUT2D eigenvalue weighted by atomic mass is 16.2. The Kier molecular flexibility index (Phi) is 3.78. The van der Waals surface area contributed by atoms with Gasteiger partial charge in [-0.05, 0) is 28.9 Å². The van der Waals surface area contributed by atoms with Crippen molar-refractivity contribution in [1.29, 1.82) is 0 Å². The van der Waals surface area contributed by atoms with Crippen molar-refractivity contribution < 1.29 is 9.59 Å². The van der Waals surface area contributed by atoms with E-state index in [1.54, 1.807) is 0 Å². The molecule has 1 atom stereocenters. The number of allylic oxidation sites excluding steroid dienone is 1. The average Bonchev–Trinajstić information content (AvgIpc) is 2.44. The first-order chi connectivity index (χ1) is 10.8. The van der Waals surface area contributed by atoms with Gasteiger partial charge in [0.25, 0.3) is 0 Å². The van der Waals surface area contributed by atoms with Crippen molar-refractivity contribution in [2.75, 3.05) is 0 Å². The van der Waals surface area contributed by atoms with Crippen LogP contribution in [0.3, 0.4) is 0 Å². The topological polar surface area (TPSA) is 58.2 Å². The van der Waals surface area contributed by atoms with Crippen LogP contribution in [-0.4, -0.2) is 11.8 Å². The number of hydrogen-bond acceptors (Lipinski definition) is 2. The van der Waals surface area contributed by atoms with Crippen molar-refractivity contribution in [2.24, 2.45) is 5.41 Å². The lowest BCUT2D eigenvalue weighted by Gasteiger charge is -2.38. The van der Waals surface area contributed by atoms with E-state index in [-0.39, 0.29) is 23.3 Å². The van der Waals surface area contributed by atoms with Gasteiger partial charge in [-0.15, -0.1) is 0 Å². The Labute approximate surface area is 137 Å². The number of nitrogens with one attached hydrogen (secondary N) is 2. The Hall–Kier alpha value is -2.10. The molecule has 0 bridgehead atoms. The van der Waals surface area contributed by atoms with Crippen molar-refractivity contribution in [3.05, 3.63) is 46.7 Å². The summed E-state index contributed by atoms with van der Waals surface area (Å²) in [5.41, 5.74) is 3.62. The van der Waals surface area contributed by atoms with Crippen molar-refractivity contribution in [3.8, 4) is 0 Å². The molecular formula is C19H24N2O2. The van der Waals surface area contributed by atoms with Crippen LogP contribution in [0.15, 0.2) is 35.5 Å². The first-order valence-electron chi connectivity index (χ1n) is 8.20. The van der Waals surface area contributed by atoms with Gasteiger partial charge in [0.05, 0.1) is 6.04 Å². The van der Waals surface area contributed by atoms with Crippen molar-refractivity contribution in [1.82, 2.24) is 10.6 Å². The molecule has 1 aliphatic carbocycles. The molecule has 4 nitrogen and oxygen atoms in total. The predicted molar refractivity (Wildman–Crippen MR) is 90.0 cm³/mol. The van der Waals surface area contributed by atoms with Gasteiger partial charge < -0.3 is 10.6 Å². The van der Waals surface area contributed by atoms with E-state index in [0.717, 1.165) is 23.3 Å². The highest BCUT2D eigenvalue weighted by molar-refractivity contribution is 6.01. The van der Waals surface area contributed by atoms with Crippen molar-refractivity contribution >= 4 is 11.8 Å². The highest BCUT2D eigenvalue weighted by Gasteiger charge is 2.40. The molecule has 1 aromatic rings. The quantitative estimate of drug-likeness (QED) is 0.872. The number of ketones is 1. The van der Waals surface area contributed by atoms with E-state index in [0.29, 0.717) is 12.3 Å². The molecule has 1 heterocycles. The molecule has 0 saturated carbocycles. The molecule has 1 aromatic carbocycles. The first-order valence-corrected chi connectivity index (χ1v) is 8.20. The Morgan fingerprint density at radius 1 is 1.09 bits per heavy atom. The molecule has 0 fully saturated rings. The molecule has 0 unspecified atom stereocenters. The Morgan fingerprint density at radius 2 is 1.74 bits per heavy atom. The second-order valence-corrected chi connectivity index (χ2v) is 7.69. The molecule has 0 saturated heterocycles. The van der Waals surface area contributed by atoms with Gasteiger partial charge in [-0.3, -0.25) is 4.79 Å². The third-order valence-corrected chi connectivity index (χ3v) is 4.68. The molecule has 0 radical (unpaired) electrons. The second kappa shape index (κ2) is 5.52. The third-order valence-electron chi connectivity index (χ3n) is 4.68. The number of carbonyl (C=O) groups is 2. The van der Waals surface area contributed by atoms with E-state index < -0.39 is 0 Å². The molecule has 3 rings (SSSR count). The fraction of sp³-hybridized carbons (Fsp3) is 0.474. The summed E-state index contributed by atoms with van der Waals surface area (Å²) in [7, 11) is 0. The summed E-state index contributed by atoms with van der Waals surface area (Å²) in [6, 6.07) is 7.61. The number of amides is 2. The minimum atomic E-state index is -0.344. The largest absolute Gasteiger partial charge is 0.327 e. The van der Waals surface area contributed by atoms with E-state index in [9.17, 15) is 9.59 Å². The predicted octanol–water partition coefficient (Wildman–Crippen LogP) is 3.81. The normalized spacial score (nSPS) is 23.4. The van der Waals surface area contributed by atoms with E-state index >= 15 is 0 Å². The molecule has 2 N–H and O–H groups in total. The summed E-state index contributed by atoms with van der Waals surface area (Å²) in [6.45, 7) is 8.42. The van der Waals surface area contributed by atoms with Crippen LogP contribution in [0.5, 0.6) is 0 Å². The van der Waals surface area contributed by atoms with Gasteiger partial charge >= 0.3 is 6.03 Å². The number of Topliss-reactive ketones (excluding diaryl/α,β-unsaturated/α-hetero) is 1. The maximum atomic E-state index is 12.7. The zero-order chi connectivity index (χ0) is 16.8. The summed E-state index contributed by atoms with van der Waals surface area (Å²) in [6.07, 6.45) is 1.24. The smallest absolute Gasteiger partial charge is 0.319 e. The van der Waals surface area contributed by atoms with E-state index in [1.165, 1.54) is 5.56 Å². The number of rotatable bonds is 2. The summed E-state index contributed by atoms with van der Waals surface area (Å²) in [5.74, 6) is 0.584. The van der Waals surface area contributed by atoms with Crippen molar-refractivity contribution in [3.63, 3.8) is 0 Å². The lowest BCUT2D eigenvalue weighted by atomic mass is 9.73. The fourth-order valence-corrected chi connectivity index (χ4v) is 3.48. The monoisotopic (exact) mass is 312 g/mol. The minimum absolute atomic E-state index is 0.105. The van der Waals surface area contributed by atoms with Crippen LogP contribution in [0, 0.1) is 5.41 Å². The molecule has 122 valence electrons. The maximum absolute atomic E-state index is 12.7. The number of benzene rings is 1. The first kappa shape index (κ1) is 15.8. The summed E-state index contributed by atoms with van der Waals surface area (Å²) in [4.78, 5) is 24.7. The van der Waals surface area contributed by atoms with Crippen LogP contribution < -0.4 is 10.6 Å². The zero-order valence-corrected chi connectivity index (χ0v) is 14.2. The number of hydrogen-bond donors (Lipinski definition) is 2. The number of carbonyl (C=O) groups excluding carboxylic acids is 2. The second-order valence-electron chi connectivity index (χ2n) is 7.69. The molecule has 4 heteroatoms. The Morgan fingerprint density at radius 3 is 2.35 bits per heavy atom. The summed E-state index contributed by atoms with van der Waals surface area (Å²) in [5, 5.41) is 5.75. The van der Waals surface area contributed by atoms with Crippen LogP contribution >= 0.6 is 0 Å². The SMILES string of the molecule is CC(C)c1ccc([C@H]2NC(=O)NC3=C2C(=O)CC(C)(C)C3)cc1. The summed E-state index contributed by atoms with van der Waals surface area (Å²) >= 11 is 0. The van der Waals surface area contributed by atoms with Crippen molar-refractivity contribution in [2.45, 2.75) is 52.5 Å². The maximum Gasteiger partial charge on any atom is 0.319 e. The van der Waals surface area contributed by atoms with E-state index in [2.05, 4.69) is 50.5 Å².